The number of methoxy groups -OCH3 is 1. The molecule has 0 bridgehead atoms. The van der Waals surface area contributed by atoms with Gasteiger partial charge >= 0.3 is 0 Å². The molecular weight excluding hydrogens is 439 g/mol. The maximum Gasteiger partial charge on any atom is 0.173 e. The van der Waals surface area contributed by atoms with E-state index in [0.29, 0.717) is 6.04 Å². The first-order chi connectivity index (χ1) is 16.7. The topological polar surface area (TPSA) is 32.8 Å². The van der Waals surface area contributed by atoms with Crippen LogP contribution < -0.4 is 25.6 Å². The molecule has 5 rings (SSSR count). The molecule has 2 aliphatic heterocycles. The van der Waals surface area contributed by atoms with Gasteiger partial charge in [-0.2, -0.15) is 0 Å². The molecule has 0 amide bonds. The highest BCUT2D eigenvalue weighted by molar-refractivity contribution is 7.85. The van der Waals surface area contributed by atoms with Gasteiger partial charge in [0, 0.05) is 35.0 Å². The largest absolute Gasteiger partial charge is 0.495 e. The Balaban J connectivity index is 1.63. The summed E-state index contributed by atoms with van der Waals surface area (Å²) >= 11 is 0. The Kier molecular flexibility index (Phi) is 7.08. The first kappa shape index (κ1) is 23.2. The Morgan fingerprint density at radius 2 is 1.41 bits per heavy atom. The molecule has 34 heavy (non-hydrogen) atoms. The second-order valence-corrected chi connectivity index (χ2v) is 12.2. The van der Waals surface area contributed by atoms with Gasteiger partial charge in [-0.05, 0) is 50.9 Å². The monoisotopic (exact) mass is 474 g/mol. The Morgan fingerprint density at radius 3 is 2.03 bits per heavy atom. The average molecular weight is 475 g/mol. The maximum absolute atomic E-state index is 15.2. The van der Waals surface area contributed by atoms with E-state index in [2.05, 4.69) is 15.9 Å². The predicted molar refractivity (Wildman–Crippen MR) is 143 cm³/mol. The molecule has 0 saturated carbocycles. The van der Waals surface area contributed by atoms with Gasteiger partial charge in [0.2, 0.25) is 0 Å². The molecule has 178 valence electrons. The van der Waals surface area contributed by atoms with Crippen LogP contribution in [0.25, 0.3) is 0 Å². The fourth-order valence-electron chi connectivity index (χ4n) is 5.69. The van der Waals surface area contributed by atoms with E-state index in [4.69, 9.17) is 4.74 Å². The number of benzene rings is 3. The van der Waals surface area contributed by atoms with E-state index in [1.807, 2.05) is 72.8 Å². The number of rotatable bonds is 6. The average Bonchev–Trinajstić information content (AvgIpc) is 2.93. The third kappa shape index (κ3) is 4.42. The fraction of sp³-hybridized carbons (Fsp3) is 0.379. The quantitative estimate of drug-likeness (QED) is 0.481. The predicted octanol–water partition coefficient (Wildman–Crippen LogP) is 4.79. The van der Waals surface area contributed by atoms with Gasteiger partial charge in [-0.1, -0.05) is 73.2 Å². The molecule has 5 heteroatoms. The smallest absolute Gasteiger partial charge is 0.173 e. The van der Waals surface area contributed by atoms with E-state index >= 15 is 4.57 Å². The molecule has 0 aromatic heterocycles. The minimum absolute atomic E-state index is 0.541. The van der Waals surface area contributed by atoms with Crippen molar-refractivity contribution >= 4 is 28.7 Å². The van der Waals surface area contributed by atoms with Gasteiger partial charge < -0.3 is 14.2 Å². The number of hydrogen-bond acceptors (Lipinski definition) is 4. The second-order valence-electron chi connectivity index (χ2n) is 9.45. The van der Waals surface area contributed by atoms with Gasteiger partial charge in [0.1, 0.15) is 5.75 Å². The number of piperidine rings is 2. The summed E-state index contributed by atoms with van der Waals surface area (Å²) in [5.74, 6) is 0.809. The molecule has 2 aliphatic rings. The molecule has 3 aromatic rings. The molecule has 2 saturated heterocycles. The summed E-state index contributed by atoms with van der Waals surface area (Å²) in [4.78, 5) is 5.13. The molecular formula is C29H35N2O2P. The molecule has 0 unspecified atom stereocenters. The van der Waals surface area contributed by atoms with Gasteiger partial charge in [-0.15, -0.1) is 0 Å². The Labute approximate surface area is 203 Å². The summed E-state index contributed by atoms with van der Waals surface area (Å²) in [7, 11) is -1.38. The lowest BCUT2D eigenvalue weighted by molar-refractivity contribution is 0.147. The van der Waals surface area contributed by atoms with E-state index in [9.17, 15) is 0 Å². The van der Waals surface area contributed by atoms with Crippen molar-refractivity contribution in [3.05, 3.63) is 78.9 Å². The summed E-state index contributed by atoms with van der Waals surface area (Å²) in [6.45, 7) is 4.31. The van der Waals surface area contributed by atoms with Crippen molar-refractivity contribution in [2.24, 2.45) is 0 Å². The zero-order valence-corrected chi connectivity index (χ0v) is 21.0. The standard InChI is InChI=1S/C29H35N2O2P/c1-33-27-18-11-19-28(29(27)31-22-12-13-24(23-31)30-20-9-4-10-21-30)34(32,25-14-5-2-6-15-25)26-16-7-3-8-17-26/h2-3,5-8,11,14-19,24H,4,9-10,12-13,20-23H2,1H3/t24-/m1/s1. The lowest BCUT2D eigenvalue weighted by atomic mass is 10.00. The molecule has 0 aliphatic carbocycles. The van der Waals surface area contributed by atoms with Gasteiger partial charge in [-0.3, -0.25) is 4.90 Å². The van der Waals surface area contributed by atoms with E-state index in [1.54, 1.807) is 7.11 Å². The van der Waals surface area contributed by atoms with Crippen LogP contribution in [0.2, 0.25) is 0 Å². The third-order valence-electron chi connectivity index (χ3n) is 7.40. The van der Waals surface area contributed by atoms with Gasteiger partial charge in [-0.25, -0.2) is 0 Å². The molecule has 0 N–H and O–H groups in total. The molecule has 4 nitrogen and oxygen atoms in total. The Morgan fingerprint density at radius 1 is 0.765 bits per heavy atom. The molecule has 0 radical (unpaired) electrons. The van der Waals surface area contributed by atoms with Crippen LogP contribution in [0.4, 0.5) is 5.69 Å². The number of anilines is 1. The minimum atomic E-state index is -3.11. The maximum atomic E-state index is 15.2. The van der Waals surface area contributed by atoms with Crippen LogP contribution in [0.1, 0.15) is 32.1 Å². The van der Waals surface area contributed by atoms with E-state index in [0.717, 1.165) is 46.9 Å². The number of nitrogens with zero attached hydrogens (tertiary/aromatic N) is 2. The summed E-state index contributed by atoms with van der Waals surface area (Å²) in [6, 6.07) is 26.5. The minimum Gasteiger partial charge on any atom is -0.495 e. The molecule has 3 aromatic carbocycles. The Hall–Kier alpha value is -2.55. The third-order valence-corrected chi connectivity index (χ3v) is 10.5. The summed E-state index contributed by atoms with van der Waals surface area (Å²) in [5, 5.41) is 2.60. The highest BCUT2D eigenvalue weighted by atomic mass is 31.2. The van der Waals surface area contributed by atoms with Crippen LogP contribution in [0.15, 0.2) is 78.9 Å². The van der Waals surface area contributed by atoms with Gasteiger partial charge in [0.15, 0.2) is 7.14 Å². The van der Waals surface area contributed by atoms with Crippen LogP contribution in [0.5, 0.6) is 5.75 Å². The second kappa shape index (κ2) is 10.4. The van der Waals surface area contributed by atoms with Crippen LogP contribution >= 0.6 is 7.14 Å². The highest BCUT2D eigenvalue weighted by Gasteiger charge is 2.36. The van der Waals surface area contributed by atoms with Crippen LogP contribution in [0, 0.1) is 0 Å². The van der Waals surface area contributed by atoms with Crippen molar-refractivity contribution < 1.29 is 9.30 Å². The van der Waals surface area contributed by atoms with Crippen molar-refractivity contribution in [1.82, 2.24) is 4.90 Å². The fourth-order valence-corrected chi connectivity index (χ4v) is 8.57. The highest BCUT2D eigenvalue weighted by Crippen LogP contribution is 2.47. The molecule has 2 fully saturated rings. The summed E-state index contributed by atoms with van der Waals surface area (Å²) in [5.41, 5.74) is 1.00. The number of likely N-dealkylation sites (tertiary alicyclic amines) is 1. The summed E-state index contributed by atoms with van der Waals surface area (Å²) < 4.78 is 21.2. The van der Waals surface area contributed by atoms with Crippen LogP contribution in [0.3, 0.4) is 0 Å². The number of ether oxygens (including phenoxy) is 1. The van der Waals surface area contributed by atoms with Crippen molar-refractivity contribution in [3.63, 3.8) is 0 Å². The number of para-hydroxylation sites is 1. The van der Waals surface area contributed by atoms with Gasteiger partial charge in [0.05, 0.1) is 12.8 Å². The van der Waals surface area contributed by atoms with Crippen LogP contribution in [-0.4, -0.2) is 44.2 Å². The van der Waals surface area contributed by atoms with Crippen molar-refractivity contribution in [2.75, 3.05) is 38.2 Å². The first-order valence-corrected chi connectivity index (χ1v) is 14.3. The first-order valence-electron chi connectivity index (χ1n) is 12.6. The van der Waals surface area contributed by atoms with Crippen molar-refractivity contribution in [2.45, 2.75) is 38.1 Å². The Bertz CT molecular complexity index is 1090. The summed E-state index contributed by atoms with van der Waals surface area (Å²) in [6.07, 6.45) is 6.32. The number of hydrogen-bond donors (Lipinski definition) is 0. The lowest BCUT2D eigenvalue weighted by Gasteiger charge is -2.43. The van der Waals surface area contributed by atoms with E-state index < -0.39 is 7.14 Å². The van der Waals surface area contributed by atoms with Crippen molar-refractivity contribution in [3.8, 4) is 5.75 Å². The zero-order chi connectivity index (χ0) is 23.4. The molecule has 1 atom stereocenters. The van der Waals surface area contributed by atoms with Crippen molar-refractivity contribution in [1.29, 1.82) is 0 Å². The van der Waals surface area contributed by atoms with Crippen LogP contribution in [-0.2, 0) is 4.57 Å². The zero-order valence-electron chi connectivity index (χ0n) is 20.1. The molecule has 2 heterocycles. The SMILES string of the molecule is COc1cccc(P(=O)(c2ccccc2)c2ccccc2)c1N1CCC[C@@H](N2CCCCC2)C1. The van der Waals surface area contributed by atoms with E-state index in [1.165, 1.54) is 38.8 Å². The normalized spacial score (nSPS) is 19.7. The van der Waals surface area contributed by atoms with Gasteiger partial charge in [0.25, 0.3) is 0 Å². The molecule has 0 spiro atoms. The lowest BCUT2D eigenvalue weighted by Crippen LogP contribution is -2.50. The van der Waals surface area contributed by atoms with E-state index in [-0.39, 0.29) is 0 Å².